The third-order valence-electron chi connectivity index (χ3n) is 3.37. The number of carbonyl (C=O) groups is 1. The third kappa shape index (κ3) is 3.94. The maximum absolute atomic E-state index is 12.3. The lowest BCUT2D eigenvalue weighted by molar-refractivity contribution is 0.213. The molecule has 1 fully saturated rings. The first-order chi connectivity index (χ1) is 9.06. The average Bonchev–Trinajstić information content (AvgIpc) is 2.59. The summed E-state index contributed by atoms with van der Waals surface area (Å²) in [6.45, 7) is 5.61. The maximum Gasteiger partial charge on any atom is 0.321 e. The summed E-state index contributed by atoms with van der Waals surface area (Å²) in [6, 6.07) is 5.94. The third-order valence-corrected chi connectivity index (χ3v) is 4.06. The molecule has 0 saturated carbocycles. The van der Waals surface area contributed by atoms with Crippen molar-refractivity contribution in [2.75, 3.05) is 38.5 Å². The van der Waals surface area contributed by atoms with Gasteiger partial charge in [0.1, 0.15) is 0 Å². The van der Waals surface area contributed by atoms with E-state index in [1.807, 2.05) is 30.0 Å². The van der Waals surface area contributed by atoms with E-state index >= 15 is 0 Å². The smallest absolute Gasteiger partial charge is 0.321 e. The van der Waals surface area contributed by atoms with Gasteiger partial charge in [0, 0.05) is 24.1 Å². The molecule has 104 valence electrons. The van der Waals surface area contributed by atoms with Gasteiger partial charge in [0.25, 0.3) is 0 Å². The van der Waals surface area contributed by atoms with Crippen molar-refractivity contribution in [2.24, 2.45) is 0 Å². The first-order valence-electron chi connectivity index (χ1n) is 6.57. The molecule has 1 saturated heterocycles. The van der Waals surface area contributed by atoms with Gasteiger partial charge in [-0.15, -0.1) is 0 Å². The molecule has 0 radical (unpaired) electrons. The fraction of sp³-hybridized carbons (Fsp3) is 0.500. The Labute approximate surface area is 122 Å². The van der Waals surface area contributed by atoms with Gasteiger partial charge < -0.3 is 15.1 Å². The molecule has 1 aromatic carbocycles. The topological polar surface area (TPSA) is 35.6 Å². The molecule has 19 heavy (non-hydrogen) atoms. The molecule has 0 unspecified atom stereocenters. The number of hydrogen-bond donors (Lipinski definition) is 1. The van der Waals surface area contributed by atoms with E-state index in [-0.39, 0.29) is 6.03 Å². The first-order valence-corrected chi connectivity index (χ1v) is 7.36. The van der Waals surface area contributed by atoms with Gasteiger partial charge in [-0.3, -0.25) is 0 Å². The minimum Gasteiger partial charge on any atom is -0.323 e. The molecule has 0 aromatic heterocycles. The second kappa shape index (κ2) is 6.39. The zero-order chi connectivity index (χ0) is 13.8. The number of nitrogens with zero attached hydrogens (tertiary/aromatic N) is 2. The normalized spacial score (nSPS) is 17.1. The highest BCUT2D eigenvalue weighted by Crippen LogP contribution is 2.23. The number of benzene rings is 1. The average molecular weight is 326 g/mol. The van der Waals surface area contributed by atoms with E-state index in [1.54, 1.807) is 0 Å². The summed E-state index contributed by atoms with van der Waals surface area (Å²) in [7, 11) is 2.10. The largest absolute Gasteiger partial charge is 0.323 e. The highest BCUT2D eigenvalue weighted by molar-refractivity contribution is 9.10. The van der Waals surface area contributed by atoms with Crippen molar-refractivity contribution < 1.29 is 4.79 Å². The predicted molar refractivity (Wildman–Crippen MR) is 81.6 cm³/mol. The van der Waals surface area contributed by atoms with Crippen molar-refractivity contribution in [1.82, 2.24) is 9.80 Å². The van der Waals surface area contributed by atoms with Gasteiger partial charge in [-0.05, 0) is 60.6 Å². The lowest BCUT2D eigenvalue weighted by Gasteiger charge is -2.21. The molecular formula is C14H20BrN3O. The van der Waals surface area contributed by atoms with Crippen molar-refractivity contribution in [1.29, 1.82) is 0 Å². The highest BCUT2D eigenvalue weighted by atomic mass is 79.9. The van der Waals surface area contributed by atoms with Crippen LogP contribution in [-0.2, 0) is 0 Å². The minimum atomic E-state index is -0.0124. The summed E-state index contributed by atoms with van der Waals surface area (Å²) < 4.78 is 0.915. The Morgan fingerprint density at radius 2 is 2.05 bits per heavy atom. The molecule has 2 amide bonds. The van der Waals surface area contributed by atoms with Gasteiger partial charge in [0.05, 0.1) is 5.69 Å². The fourth-order valence-electron chi connectivity index (χ4n) is 2.18. The van der Waals surface area contributed by atoms with E-state index < -0.39 is 0 Å². The lowest BCUT2D eigenvalue weighted by atomic mass is 10.2. The van der Waals surface area contributed by atoms with Gasteiger partial charge in [-0.1, -0.05) is 6.07 Å². The standard InChI is InChI=1S/C14H20BrN3O/c1-11-4-5-12(15)13(10-11)16-14(19)18-7-3-6-17(2)8-9-18/h4-5,10H,3,6-9H2,1-2H3,(H,16,19). The SMILES string of the molecule is Cc1ccc(Br)c(NC(=O)N2CCCN(C)CC2)c1. The monoisotopic (exact) mass is 325 g/mol. The van der Waals surface area contributed by atoms with E-state index in [1.165, 1.54) is 0 Å². The Morgan fingerprint density at radius 3 is 2.84 bits per heavy atom. The number of halogens is 1. The Balaban J connectivity index is 2.02. The molecule has 4 nitrogen and oxygen atoms in total. The summed E-state index contributed by atoms with van der Waals surface area (Å²) in [5.74, 6) is 0. The number of anilines is 1. The van der Waals surface area contributed by atoms with Crippen LogP contribution in [0.1, 0.15) is 12.0 Å². The number of rotatable bonds is 1. The van der Waals surface area contributed by atoms with Crippen LogP contribution in [0.3, 0.4) is 0 Å². The molecule has 5 heteroatoms. The van der Waals surface area contributed by atoms with Gasteiger partial charge in [0.2, 0.25) is 0 Å². The van der Waals surface area contributed by atoms with Crippen LogP contribution in [0.5, 0.6) is 0 Å². The van der Waals surface area contributed by atoms with Crippen molar-refractivity contribution in [2.45, 2.75) is 13.3 Å². The summed E-state index contributed by atoms with van der Waals surface area (Å²) >= 11 is 3.47. The van der Waals surface area contributed by atoms with Crippen molar-refractivity contribution in [3.8, 4) is 0 Å². The van der Waals surface area contributed by atoms with Gasteiger partial charge in [0.15, 0.2) is 0 Å². The first kappa shape index (κ1) is 14.3. The molecule has 1 aromatic rings. The number of likely N-dealkylation sites (N-methyl/N-ethyl adjacent to an activating group) is 1. The summed E-state index contributed by atoms with van der Waals surface area (Å²) in [5, 5.41) is 2.98. The molecule has 0 bridgehead atoms. The molecular weight excluding hydrogens is 306 g/mol. The van der Waals surface area contributed by atoms with Gasteiger partial charge >= 0.3 is 6.03 Å². The van der Waals surface area contributed by atoms with Crippen LogP contribution in [0.15, 0.2) is 22.7 Å². The second-order valence-corrected chi connectivity index (χ2v) is 5.91. The van der Waals surface area contributed by atoms with E-state index in [0.29, 0.717) is 0 Å². The van der Waals surface area contributed by atoms with Crippen molar-refractivity contribution >= 4 is 27.6 Å². The Morgan fingerprint density at radius 1 is 1.26 bits per heavy atom. The van der Waals surface area contributed by atoms with Crippen molar-refractivity contribution in [3.63, 3.8) is 0 Å². The number of hydrogen-bond acceptors (Lipinski definition) is 2. The Hall–Kier alpha value is -1.07. The maximum atomic E-state index is 12.3. The summed E-state index contributed by atoms with van der Waals surface area (Å²) in [5.41, 5.74) is 1.97. The molecule has 1 heterocycles. The quantitative estimate of drug-likeness (QED) is 0.861. The van der Waals surface area contributed by atoms with Crippen LogP contribution in [-0.4, -0.2) is 49.1 Å². The summed E-state index contributed by atoms with van der Waals surface area (Å²) in [4.78, 5) is 16.4. The Kier molecular flexibility index (Phi) is 4.82. The van der Waals surface area contributed by atoms with Crippen LogP contribution in [0.25, 0.3) is 0 Å². The second-order valence-electron chi connectivity index (χ2n) is 5.06. The number of nitrogens with one attached hydrogen (secondary N) is 1. The minimum absolute atomic E-state index is 0.0124. The number of amides is 2. The van der Waals surface area contributed by atoms with E-state index in [9.17, 15) is 4.79 Å². The van der Waals surface area contributed by atoms with Crippen LogP contribution in [0.2, 0.25) is 0 Å². The predicted octanol–water partition coefficient (Wildman–Crippen LogP) is 2.93. The van der Waals surface area contributed by atoms with Crippen LogP contribution in [0.4, 0.5) is 10.5 Å². The molecule has 0 atom stereocenters. The highest BCUT2D eigenvalue weighted by Gasteiger charge is 2.17. The molecule has 0 aliphatic carbocycles. The van der Waals surface area contributed by atoms with Gasteiger partial charge in [-0.25, -0.2) is 4.79 Å². The van der Waals surface area contributed by atoms with Crippen molar-refractivity contribution in [3.05, 3.63) is 28.2 Å². The molecule has 1 N–H and O–H groups in total. The van der Waals surface area contributed by atoms with Crippen LogP contribution < -0.4 is 5.32 Å². The van der Waals surface area contributed by atoms with Crippen LogP contribution in [0, 0.1) is 6.92 Å². The van der Waals surface area contributed by atoms with E-state index in [2.05, 4.69) is 33.2 Å². The zero-order valence-corrected chi connectivity index (χ0v) is 13.0. The molecule has 0 spiro atoms. The molecule has 1 aliphatic heterocycles. The van der Waals surface area contributed by atoms with Crippen LogP contribution >= 0.6 is 15.9 Å². The van der Waals surface area contributed by atoms with Gasteiger partial charge in [-0.2, -0.15) is 0 Å². The van der Waals surface area contributed by atoms with E-state index in [4.69, 9.17) is 0 Å². The Bertz CT molecular complexity index is 464. The molecule has 1 aliphatic rings. The number of aryl methyl sites for hydroxylation is 1. The number of urea groups is 1. The van der Waals surface area contributed by atoms with E-state index in [0.717, 1.165) is 48.3 Å². The summed E-state index contributed by atoms with van der Waals surface area (Å²) in [6.07, 6.45) is 1.03. The number of carbonyl (C=O) groups excluding carboxylic acids is 1. The lowest BCUT2D eigenvalue weighted by Crippen LogP contribution is -2.37. The zero-order valence-electron chi connectivity index (χ0n) is 11.4. The fourth-order valence-corrected chi connectivity index (χ4v) is 2.52. The molecule has 2 rings (SSSR count).